The van der Waals surface area contributed by atoms with E-state index in [9.17, 15) is 18.4 Å². The number of amides is 1. The van der Waals surface area contributed by atoms with Crippen molar-refractivity contribution in [3.8, 4) is 0 Å². The van der Waals surface area contributed by atoms with Crippen LogP contribution in [0.25, 0.3) is 0 Å². The number of hydrazine groups is 1. The number of nitrogens with one attached hydrogen (secondary N) is 1. The summed E-state index contributed by atoms with van der Waals surface area (Å²) < 4.78 is 60.0. The number of alkyl halides is 2. The van der Waals surface area contributed by atoms with E-state index >= 15 is 8.78 Å². The van der Waals surface area contributed by atoms with Gasteiger partial charge in [0.1, 0.15) is 11.8 Å². The second kappa shape index (κ2) is 11.0. The summed E-state index contributed by atoms with van der Waals surface area (Å²) in [6.45, 7) is 2.21. The minimum absolute atomic E-state index is 0.0393. The maximum Gasteiger partial charge on any atom is 0.414 e. The minimum atomic E-state index is -3.09. The summed E-state index contributed by atoms with van der Waals surface area (Å²) in [5.41, 5.74) is 4.02. The third-order valence-corrected chi connectivity index (χ3v) is 5.91. The molecule has 1 atom stereocenters. The Morgan fingerprint density at radius 1 is 1.20 bits per heavy atom. The number of nitrogens with zero attached hydrogens (tertiary/aromatic N) is 4. The smallest absolute Gasteiger partial charge is 0.414 e. The summed E-state index contributed by atoms with van der Waals surface area (Å²) in [5, 5.41) is 1.96. The molecule has 3 heterocycles. The number of halogens is 4. The summed E-state index contributed by atoms with van der Waals surface area (Å²) in [4.78, 5) is 30.1. The number of ether oxygens (including phenoxy) is 1. The van der Waals surface area contributed by atoms with E-state index in [4.69, 9.17) is 4.74 Å². The van der Waals surface area contributed by atoms with Crippen LogP contribution in [0.5, 0.6) is 0 Å². The standard InChI is InChI=1S/C23H25F4N5O3/c24-18-10-16(32-14-17(35-23(32)34)3-4-20(33)22(26)27)11-19(25)21(18)30-7-6-29-31(9-8-30)13-15-2-1-5-28-12-15/h1-2,5,10-12,17,22,29H,3-4,6-9,13-14H2/t17-/m0/s1. The van der Waals surface area contributed by atoms with Gasteiger partial charge in [-0.2, -0.15) is 0 Å². The van der Waals surface area contributed by atoms with E-state index in [2.05, 4.69) is 10.4 Å². The lowest BCUT2D eigenvalue weighted by Gasteiger charge is -2.25. The number of anilines is 2. The molecule has 1 aromatic heterocycles. The molecular weight excluding hydrogens is 470 g/mol. The zero-order chi connectivity index (χ0) is 24.9. The predicted octanol–water partition coefficient (Wildman–Crippen LogP) is 3.13. The molecule has 2 aromatic rings. The largest absolute Gasteiger partial charge is 0.444 e. The van der Waals surface area contributed by atoms with Crippen LogP contribution in [0.15, 0.2) is 36.7 Å². The van der Waals surface area contributed by atoms with Crippen LogP contribution in [0, 0.1) is 11.6 Å². The van der Waals surface area contributed by atoms with E-state index in [0.717, 1.165) is 22.6 Å². The van der Waals surface area contributed by atoms with Gasteiger partial charge in [-0.15, -0.1) is 0 Å². The number of hydrogen-bond acceptors (Lipinski definition) is 7. The monoisotopic (exact) mass is 495 g/mol. The second-order valence-corrected chi connectivity index (χ2v) is 8.36. The van der Waals surface area contributed by atoms with Crippen molar-refractivity contribution < 1.29 is 31.9 Å². The molecule has 0 radical (unpaired) electrons. The molecule has 8 nitrogen and oxygen atoms in total. The van der Waals surface area contributed by atoms with Gasteiger partial charge in [0.25, 0.3) is 6.43 Å². The molecule has 1 amide bonds. The van der Waals surface area contributed by atoms with Crippen LogP contribution in [-0.2, 0) is 16.1 Å². The Bertz CT molecular complexity index is 1040. The number of cyclic esters (lactones) is 1. The van der Waals surface area contributed by atoms with Crippen molar-refractivity contribution in [2.24, 2.45) is 0 Å². The number of ketones is 1. The maximum absolute atomic E-state index is 15.1. The van der Waals surface area contributed by atoms with Crippen molar-refractivity contribution in [1.82, 2.24) is 15.4 Å². The Morgan fingerprint density at radius 3 is 2.66 bits per heavy atom. The fraction of sp³-hybridized carbons (Fsp3) is 0.435. The molecule has 4 rings (SSSR count). The van der Waals surface area contributed by atoms with Crippen LogP contribution in [0.4, 0.5) is 33.7 Å². The number of Topliss-reactive ketones (excluding diaryl/α,β-unsaturated/α-hetero) is 1. The van der Waals surface area contributed by atoms with Gasteiger partial charge in [-0.1, -0.05) is 6.07 Å². The SMILES string of the molecule is O=C(CC[C@H]1CN(c2cc(F)c(N3CCNN(Cc4cccnc4)CC3)c(F)c2)C(=O)O1)C(F)F. The van der Waals surface area contributed by atoms with Gasteiger partial charge in [-0.25, -0.2) is 27.4 Å². The first-order valence-corrected chi connectivity index (χ1v) is 11.2. The average molecular weight is 495 g/mol. The predicted molar refractivity (Wildman–Crippen MR) is 119 cm³/mol. The quantitative estimate of drug-likeness (QED) is 0.564. The van der Waals surface area contributed by atoms with Gasteiger partial charge >= 0.3 is 6.09 Å². The lowest BCUT2D eigenvalue weighted by Crippen LogP contribution is -2.38. The van der Waals surface area contributed by atoms with Crippen molar-refractivity contribution in [2.75, 3.05) is 42.5 Å². The summed E-state index contributed by atoms with van der Waals surface area (Å²) in [7, 11) is 0. The number of pyridine rings is 1. The molecule has 2 aliphatic rings. The molecule has 0 aliphatic carbocycles. The highest BCUT2D eigenvalue weighted by molar-refractivity contribution is 5.90. The molecule has 2 saturated heterocycles. The lowest BCUT2D eigenvalue weighted by molar-refractivity contribution is -0.129. The number of carbonyl (C=O) groups excluding carboxylic acids is 2. The highest BCUT2D eigenvalue weighted by atomic mass is 19.3. The normalized spacial score (nSPS) is 19.2. The third-order valence-electron chi connectivity index (χ3n) is 5.91. The highest BCUT2D eigenvalue weighted by Gasteiger charge is 2.34. The van der Waals surface area contributed by atoms with Crippen LogP contribution < -0.4 is 15.2 Å². The molecule has 12 heteroatoms. The van der Waals surface area contributed by atoms with Crippen molar-refractivity contribution in [3.63, 3.8) is 0 Å². The van der Waals surface area contributed by atoms with Crippen LogP contribution in [0.1, 0.15) is 18.4 Å². The topological polar surface area (TPSA) is 78.0 Å². The molecule has 1 N–H and O–H groups in total. The molecule has 0 saturated carbocycles. The average Bonchev–Trinajstić information content (AvgIpc) is 3.05. The van der Waals surface area contributed by atoms with Crippen molar-refractivity contribution in [2.45, 2.75) is 31.9 Å². The Kier molecular flexibility index (Phi) is 7.81. The van der Waals surface area contributed by atoms with Gasteiger partial charge in [0.05, 0.1) is 12.2 Å². The van der Waals surface area contributed by atoms with Crippen molar-refractivity contribution >= 4 is 23.3 Å². The van der Waals surface area contributed by atoms with E-state index in [1.165, 1.54) is 0 Å². The number of rotatable bonds is 8. The molecule has 1 aromatic carbocycles. The molecule has 0 bridgehead atoms. The Hall–Kier alpha value is -3.25. The van der Waals surface area contributed by atoms with Crippen LogP contribution in [0.3, 0.4) is 0 Å². The van der Waals surface area contributed by atoms with E-state index in [-0.39, 0.29) is 24.3 Å². The minimum Gasteiger partial charge on any atom is -0.444 e. The molecule has 0 unspecified atom stereocenters. The fourth-order valence-corrected chi connectivity index (χ4v) is 4.15. The summed E-state index contributed by atoms with van der Waals surface area (Å²) in [6.07, 6.45) is -1.86. The zero-order valence-corrected chi connectivity index (χ0v) is 18.8. The second-order valence-electron chi connectivity index (χ2n) is 8.36. The number of benzene rings is 1. The molecule has 0 spiro atoms. The van der Waals surface area contributed by atoms with Crippen molar-refractivity contribution in [3.05, 3.63) is 53.9 Å². The molecule has 35 heavy (non-hydrogen) atoms. The van der Waals surface area contributed by atoms with Crippen LogP contribution in [-0.4, -0.2) is 67.1 Å². The molecular formula is C23H25F4N5O3. The first kappa shape index (κ1) is 24.9. The lowest BCUT2D eigenvalue weighted by atomic mass is 10.1. The fourth-order valence-electron chi connectivity index (χ4n) is 4.15. The number of carbonyl (C=O) groups is 2. The van der Waals surface area contributed by atoms with Crippen molar-refractivity contribution in [1.29, 1.82) is 0 Å². The maximum atomic E-state index is 15.1. The van der Waals surface area contributed by atoms with Crippen LogP contribution in [0.2, 0.25) is 0 Å². The van der Waals surface area contributed by atoms with Gasteiger partial charge in [0.2, 0.25) is 0 Å². The summed E-state index contributed by atoms with van der Waals surface area (Å²) in [5.74, 6) is -2.90. The first-order valence-electron chi connectivity index (χ1n) is 11.2. The van der Waals surface area contributed by atoms with Gasteiger partial charge in [0, 0.05) is 63.7 Å². The van der Waals surface area contributed by atoms with E-state index in [1.807, 2.05) is 17.1 Å². The Balaban J connectivity index is 1.40. The van der Waals surface area contributed by atoms with E-state index in [1.54, 1.807) is 17.3 Å². The molecule has 2 aliphatic heterocycles. The highest BCUT2D eigenvalue weighted by Crippen LogP contribution is 2.32. The van der Waals surface area contributed by atoms with Gasteiger partial charge < -0.3 is 9.64 Å². The molecule has 188 valence electrons. The van der Waals surface area contributed by atoms with Gasteiger partial charge in [0.15, 0.2) is 17.4 Å². The van der Waals surface area contributed by atoms with E-state index < -0.39 is 42.5 Å². The first-order chi connectivity index (χ1) is 16.8. The molecule has 2 fully saturated rings. The van der Waals surface area contributed by atoms with Crippen LogP contribution >= 0.6 is 0 Å². The van der Waals surface area contributed by atoms with Gasteiger partial charge in [-0.3, -0.25) is 20.1 Å². The zero-order valence-electron chi connectivity index (χ0n) is 18.8. The Morgan fingerprint density at radius 2 is 1.97 bits per heavy atom. The third kappa shape index (κ3) is 6.06. The Labute approximate surface area is 199 Å². The van der Waals surface area contributed by atoms with E-state index in [0.29, 0.717) is 32.7 Å². The number of aromatic nitrogens is 1. The summed E-state index contributed by atoms with van der Waals surface area (Å²) in [6, 6.07) is 5.89. The van der Waals surface area contributed by atoms with Gasteiger partial charge in [-0.05, 0) is 18.1 Å². The number of hydrogen-bond donors (Lipinski definition) is 1. The summed E-state index contributed by atoms with van der Waals surface area (Å²) >= 11 is 0.